The van der Waals surface area contributed by atoms with Gasteiger partial charge in [0.15, 0.2) is 17.3 Å². The number of hydrogen-bond acceptors (Lipinski definition) is 7. The van der Waals surface area contributed by atoms with Crippen molar-refractivity contribution in [2.24, 2.45) is 0 Å². The third-order valence-corrected chi connectivity index (χ3v) is 6.19. The molecule has 0 radical (unpaired) electrons. The zero-order chi connectivity index (χ0) is 23.8. The summed E-state index contributed by atoms with van der Waals surface area (Å²) in [6, 6.07) is 11.6. The zero-order valence-electron chi connectivity index (χ0n) is 19.8. The summed E-state index contributed by atoms with van der Waals surface area (Å²) in [4.78, 5) is 15.3. The first kappa shape index (κ1) is 22.1. The number of rotatable bonds is 6. The number of hydrogen-bond donors (Lipinski definition) is 0. The number of ether oxygens (including phenoxy) is 4. The molecule has 5 rings (SSSR count). The molecule has 0 N–H and O–H groups in total. The minimum atomic E-state index is -0.133. The van der Waals surface area contributed by atoms with Crippen LogP contribution in [-0.2, 0) is 13.0 Å². The van der Waals surface area contributed by atoms with Crippen LogP contribution >= 0.6 is 0 Å². The van der Waals surface area contributed by atoms with Gasteiger partial charge in [0.05, 0.1) is 25.3 Å². The van der Waals surface area contributed by atoms with Crippen LogP contribution in [-0.4, -0.2) is 38.2 Å². The SMILES string of the molecule is COc1ccc(CCN2COc3cc(C)c4c(c3C2)O/C(=C/c2ccc(C)o2)C4=O)cc1OC. The van der Waals surface area contributed by atoms with Crippen LogP contribution in [0.4, 0.5) is 0 Å². The number of ketones is 1. The number of carbonyl (C=O) groups excluding carboxylic acids is 1. The zero-order valence-corrected chi connectivity index (χ0v) is 19.8. The standard InChI is InChI=1S/C27H27NO6/c1-16-11-22-20(27-25(16)26(29)24(34-27)13-19-7-5-17(2)33-19)14-28(15-32-22)10-9-18-6-8-21(30-3)23(12-18)31-4/h5-8,11-13H,9-10,14-15H2,1-4H3/b24-13+. The van der Waals surface area contributed by atoms with E-state index in [9.17, 15) is 4.79 Å². The lowest BCUT2D eigenvalue weighted by Crippen LogP contribution is -2.34. The number of furan rings is 1. The Kier molecular flexibility index (Phi) is 5.79. The summed E-state index contributed by atoms with van der Waals surface area (Å²) in [5, 5.41) is 0. The Morgan fingerprint density at radius 2 is 1.88 bits per heavy atom. The van der Waals surface area contributed by atoms with Crippen molar-refractivity contribution in [3.63, 3.8) is 0 Å². The molecule has 3 aromatic rings. The second-order valence-corrected chi connectivity index (χ2v) is 8.53. The van der Waals surface area contributed by atoms with Gasteiger partial charge in [-0.3, -0.25) is 9.69 Å². The first-order valence-electron chi connectivity index (χ1n) is 11.2. The highest BCUT2D eigenvalue weighted by Crippen LogP contribution is 2.44. The highest BCUT2D eigenvalue weighted by atomic mass is 16.5. The number of nitrogens with zero attached hydrogens (tertiary/aromatic N) is 1. The van der Waals surface area contributed by atoms with E-state index in [2.05, 4.69) is 4.90 Å². The van der Waals surface area contributed by atoms with Crippen LogP contribution in [0.2, 0.25) is 0 Å². The van der Waals surface area contributed by atoms with Crippen LogP contribution in [0.1, 0.15) is 38.6 Å². The lowest BCUT2D eigenvalue weighted by molar-refractivity contribution is 0.0949. The van der Waals surface area contributed by atoms with Crippen LogP contribution < -0.4 is 18.9 Å². The minimum absolute atomic E-state index is 0.133. The molecule has 0 spiro atoms. The van der Waals surface area contributed by atoms with Crippen LogP contribution in [0.15, 0.2) is 46.6 Å². The molecule has 7 nitrogen and oxygen atoms in total. The lowest BCUT2D eigenvalue weighted by Gasteiger charge is -2.30. The summed E-state index contributed by atoms with van der Waals surface area (Å²) in [5.74, 6) is 4.28. The van der Waals surface area contributed by atoms with Gasteiger partial charge in [-0.2, -0.15) is 0 Å². The van der Waals surface area contributed by atoms with Crippen molar-refractivity contribution in [1.29, 1.82) is 0 Å². The first-order chi connectivity index (χ1) is 16.5. The molecule has 0 saturated carbocycles. The van der Waals surface area contributed by atoms with E-state index in [0.29, 0.717) is 41.8 Å². The molecule has 176 valence electrons. The fourth-order valence-corrected chi connectivity index (χ4v) is 4.40. The monoisotopic (exact) mass is 461 g/mol. The Morgan fingerprint density at radius 3 is 2.62 bits per heavy atom. The molecule has 7 heteroatoms. The molecule has 34 heavy (non-hydrogen) atoms. The Bertz CT molecular complexity index is 1290. The molecule has 1 aromatic heterocycles. The third kappa shape index (κ3) is 4.03. The van der Waals surface area contributed by atoms with E-state index in [4.69, 9.17) is 23.4 Å². The van der Waals surface area contributed by atoms with Gasteiger partial charge in [-0.15, -0.1) is 0 Å². The number of Topliss-reactive ketones (excluding diaryl/α,β-unsaturated/α-hetero) is 1. The summed E-state index contributed by atoms with van der Waals surface area (Å²) in [7, 11) is 3.26. The van der Waals surface area contributed by atoms with Gasteiger partial charge in [-0.25, -0.2) is 0 Å². The molecule has 2 aliphatic heterocycles. The van der Waals surface area contributed by atoms with Crippen molar-refractivity contribution >= 4 is 11.9 Å². The molecule has 0 unspecified atom stereocenters. The smallest absolute Gasteiger partial charge is 0.232 e. The number of methoxy groups -OCH3 is 2. The third-order valence-electron chi connectivity index (χ3n) is 6.19. The highest BCUT2D eigenvalue weighted by molar-refractivity contribution is 6.15. The maximum Gasteiger partial charge on any atom is 0.232 e. The van der Waals surface area contributed by atoms with E-state index in [1.54, 1.807) is 20.3 Å². The van der Waals surface area contributed by atoms with E-state index >= 15 is 0 Å². The molecule has 0 aliphatic carbocycles. The largest absolute Gasteiger partial charge is 0.493 e. The first-order valence-corrected chi connectivity index (χ1v) is 11.2. The van der Waals surface area contributed by atoms with Crippen molar-refractivity contribution < 1.29 is 28.2 Å². The molecule has 0 amide bonds. The van der Waals surface area contributed by atoms with Crippen molar-refractivity contribution in [2.75, 3.05) is 27.5 Å². The fraction of sp³-hybridized carbons (Fsp3) is 0.296. The summed E-state index contributed by atoms with van der Waals surface area (Å²) >= 11 is 0. The molecule has 0 fully saturated rings. The van der Waals surface area contributed by atoms with Gasteiger partial charge in [0.2, 0.25) is 5.78 Å². The average molecular weight is 462 g/mol. The second kappa shape index (κ2) is 8.91. The number of aryl methyl sites for hydroxylation is 2. The van der Waals surface area contributed by atoms with Crippen LogP contribution in [0.25, 0.3) is 6.08 Å². The van der Waals surface area contributed by atoms with Gasteiger partial charge in [-0.05, 0) is 61.7 Å². The van der Waals surface area contributed by atoms with Crippen LogP contribution in [0.5, 0.6) is 23.0 Å². The van der Waals surface area contributed by atoms with E-state index in [0.717, 1.165) is 41.2 Å². The number of benzene rings is 2. The number of fused-ring (bicyclic) bond motifs is 3. The predicted molar refractivity (Wildman–Crippen MR) is 127 cm³/mol. The van der Waals surface area contributed by atoms with Gasteiger partial charge in [0, 0.05) is 19.2 Å². The Morgan fingerprint density at radius 1 is 1.06 bits per heavy atom. The van der Waals surface area contributed by atoms with Crippen LogP contribution in [0.3, 0.4) is 0 Å². The lowest BCUT2D eigenvalue weighted by atomic mass is 9.98. The molecular formula is C27H27NO6. The minimum Gasteiger partial charge on any atom is -0.493 e. The van der Waals surface area contributed by atoms with Crippen molar-refractivity contribution in [3.05, 3.63) is 75.9 Å². The van der Waals surface area contributed by atoms with Gasteiger partial charge >= 0.3 is 0 Å². The molecule has 0 bridgehead atoms. The number of allylic oxidation sites excluding steroid dienone is 1. The Labute approximate surface area is 198 Å². The van der Waals surface area contributed by atoms with Gasteiger partial charge in [0.25, 0.3) is 0 Å². The van der Waals surface area contributed by atoms with Crippen molar-refractivity contribution in [3.8, 4) is 23.0 Å². The molecule has 0 atom stereocenters. The van der Waals surface area contributed by atoms with E-state index in [1.165, 1.54) is 0 Å². The maximum atomic E-state index is 13.1. The summed E-state index contributed by atoms with van der Waals surface area (Å²) in [5.41, 5.74) is 3.48. The Hall–Kier alpha value is -3.71. The van der Waals surface area contributed by atoms with Gasteiger partial charge < -0.3 is 23.4 Å². The molecule has 2 aliphatic rings. The molecular weight excluding hydrogens is 434 g/mol. The van der Waals surface area contributed by atoms with Crippen molar-refractivity contribution in [1.82, 2.24) is 4.90 Å². The second-order valence-electron chi connectivity index (χ2n) is 8.53. The molecule has 3 heterocycles. The Balaban J connectivity index is 1.36. The predicted octanol–water partition coefficient (Wildman–Crippen LogP) is 4.92. The maximum absolute atomic E-state index is 13.1. The summed E-state index contributed by atoms with van der Waals surface area (Å²) in [6.45, 7) is 5.65. The fourth-order valence-electron chi connectivity index (χ4n) is 4.40. The highest BCUT2D eigenvalue weighted by Gasteiger charge is 2.35. The quantitative estimate of drug-likeness (QED) is 0.482. The van der Waals surface area contributed by atoms with E-state index < -0.39 is 0 Å². The summed E-state index contributed by atoms with van der Waals surface area (Å²) in [6.07, 6.45) is 2.47. The normalized spacial score (nSPS) is 16.1. The summed E-state index contributed by atoms with van der Waals surface area (Å²) < 4.78 is 28.5. The van der Waals surface area contributed by atoms with Gasteiger partial charge in [-0.1, -0.05) is 6.07 Å². The van der Waals surface area contributed by atoms with Gasteiger partial charge in [0.1, 0.15) is 29.8 Å². The topological polar surface area (TPSA) is 70.4 Å². The van der Waals surface area contributed by atoms with Crippen molar-refractivity contribution in [2.45, 2.75) is 26.8 Å². The molecule has 2 aromatic carbocycles. The number of carbonyl (C=O) groups is 1. The van der Waals surface area contributed by atoms with Crippen LogP contribution in [0, 0.1) is 13.8 Å². The van der Waals surface area contributed by atoms with E-state index in [1.807, 2.05) is 50.2 Å². The molecule has 0 saturated heterocycles. The average Bonchev–Trinajstić information content (AvgIpc) is 3.40. The van der Waals surface area contributed by atoms with E-state index in [-0.39, 0.29) is 11.5 Å².